The first-order valence-electron chi connectivity index (χ1n) is 4.59. The number of ether oxygens (including phenoxy) is 2. The molecule has 0 heterocycles. The number of methoxy groups -OCH3 is 1. The smallest absolute Gasteiger partial charge is 0.122 e. The Morgan fingerprint density at radius 2 is 2.00 bits per heavy atom. The molecule has 0 bridgehead atoms. The van der Waals surface area contributed by atoms with E-state index in [1.807, 2.05) is 31.2 Å². The van der Waals surface area contributed by atoms with Gasteiger partial charge in [-0.15, -0.1) is 0 Å². The van der Waals surface area contributed by atoms with Crippen molar-refractivity contribution in [2.24, 2.45) is 0 Å². The van der Waals surface area contributed by atoms with Gasteiger partial charge in [-0.25, -0.2) is 0 Å². The Balaban J connectivity index is 2.41. The Morgan fingerprint density at radius 3 is 2.64 bits per heavy atom. The number of para-hydroxylation sites is 1. The molecule has 1 aromatic rings. The molecule has 0 saturated carbocycles. The summed E-state index contributed by atoms with van der Waals surface area (Å²) in [5, 5.41) is 9.35. The Hall–Kier alpha value is -1.06. The van der Waals surface area contributed by atoms with E-state index in [9.17, 15) is 5.11 Å². The number of aliphatic hydroxyl groups excluding tert-OH is 1. The van der Waals surface area contributed by atoms with E-state index in [1.165, 1.54) is 0 Å². The highest BCUT2D eigenvalue weighted by molar-refractivity contribution is 5.31. The summed E-state index contributed by atoms with van der Waals surface area (Å²) in [4.78, 5) is 0. The van der Waals surface area contributed by atoms with Gasteiger partial charge in [0.2, 0.25) is 0 Å². The van der Waals surface area contributed by atoms with Crippen LogP contribution >= 0.6 is 0 Å². The van der Waals surface area contributed by atoms with Crippen LogP contribution in [0.2, 0.25) is 0 Å². The second kappa shape index (κ2) is 5.62. The molecule has 0 amide bonds. The summed E-state index contributed by atoms with van der Waals surface area (Å²) in [6.45, 7) is 2.53. The van der Waals surface area contributed by atoms with Gasteiger partial charge in [0.15, 0.2) is 0 Å². The lowest BCUT2D eigenvalue weighted by molar-refractivity contribution is 0.0324. The molecule has 14 heavy (non-hydrogen) atoms. The molecule has 1 atom stereocenters. The Bertz CT molecular complexity index is 273. The zero-order valence-electron chi connectivity index (χ0n) is 8.56. The molecule has 0 aliphatic heterocycles. The third kappa shape index (κ3) is 3.36. The van der Waals surface area contributed by atoms with E-state index in [4.69, 9.17) is 9.47 Å². The topological polar surface area (TPSA) is 38.7 Å². The maximum absolute atomic E-state index is 9.35. The van der Waals surface area contributed by atoms with Gasteiger partial charge in [0.1, 0.15) is 18.5 Å². The minimum absolute atomic E-state index is 0.263. The molecule has 1 unspecified atom stereocenters. The highest BCUT2D eigenvalue weighted by Gasteiger charge is 2.05. The standard InChI is InChI=1S/C11H16O3/c1-9-5-3-4-6-11(9)14-8-10(12)7-13-2/h3-6,10,12H,7-8H2,1-2H3. The van der Waals surface area contributed by atoms with Crippen molar-refractivity contribution >= 4 is 0 Å². The molecular weight excluding hydrogens is 180 g/mol. The van der Waals surface area contributed by atoms with Gasteiger partial charge in [0, 0.05) is 7.11 Å². The Labute approximate surface area is 84.3 Å². The molecule has 0 fully saturated rings. The number of aryl methyl sites for hydroxylation is 1. The van der Waals surface area contributed by atoms with Gasteiger partial charge >= 0.3 is 0 Å². The maximum atomic E-state index is 9.35. The van der Waals surface area contributed by atoms with Gasteiger partial charge in [-0.3, -0.25) is 0 Å². The summed E-state index contributed by atoms with van der Waals surface area (Å²) in [7, 11) is 1.55. The largest absolute Gasteiger partial charge is 0.491 e. The van der Waals surface area contributed by atoms with E-state index in [0.717, 1.165) is 11.3 Å². The molecule has 1 N–H and O–H groups in total. The van der Waals surface area contributed by atoms with Gasteiger partial charge in [-0.2, -0.15) is 0 Å². The molecule has 78 valence electrons. The van der Waals surface area contributed by atoms with Crippen LogP contribution in [0.4, 0.5) is 0 Å². The van der Waals surface area contributed by atoms with Gasteiger partial charge in [-0.05, 0) is 18.6 Å². The van der Waals surface area contributed by atoms with E-state index >= 15 is 0 Å². The molecule has 1 rings (SSSR count). The number of hydrogen-bond acceptors (Lipinski definition) is 3. The first-order valence-corrected chi connectivity index (χ1v) is 4.59. The number of benzene rings is 1. The third-order valence-electron chi connectivity index (χ3n) is 1.88. The van der Waals surface area contributed by atoms with Crippen LogP contribution in [-0.4, -0.2) is 31.5 Å². The zero-order chi connectivity index (χ0) is 10.4. The quantitative estimate of drug-likeness (QED) is 0.773. The zero-order valence-corrected chi connectivity index (χ0v) is 8.56. The van der Waals surface area contributed by atoms with Crippen LogP contribution < -0.4 is 4.74 Å². The second-order valence-corrected chi connectivity index (χ2v) is 3.19. The number of rotatable bonds is 5. The molecule has 0 radical (unpaired) electrons. The van der Waals surface area contributed by atoms with Gasteiger partial charge in [-0.1, -0.05) is 18.2 Å². The van der Waals surface area contributed by atoms with E-state index in [2.05, 4.69) is 0 Å². The summed E-state index contributed by atoms with van der Waals surface area (Å²) in [6.07, 6.45) is -0.570. The van der Waals surface area contributed by atoms with Crippen molar-refractivity contribution in [3.8, 4) is 5.75 Å². The fraction of sp³-hybridized carbons (Fsp3) is 0.455. The van der Waals surface area contributed by atoms with Crippen molar-refractivity contribution in [1.29, 1.82) is 0 Å². The predicted octanol–water partition coefficient (Wildman–Crippen LogP) is 1.38. The lowest BCUT2D eigenvalue weighted by Crippen LogP contribution is -2.22. The molecular formula is C11H16O3. The minimum atomic E-state index is -0.570. The molecule has 3 nitrogen and oxygen atoms in total. The van der Waals surface area contributed by atoms with Gasteiger partial charge in [0.05, 0.1) is 6.61 Å². The second-order valence-electron chi connectivity index (χ2n) is 3.19. The monoisotopic (exact) mass is 196 g/mol. The number of hydrogen-bond donors (Lipinski definition) is 1. The van der Waals surface area contributed by atoms with E-state index in [0.29, 0.717) is 6.61 Å². The highest BCUT2D eigenvalue weighted by Crippen LogP contribution is 2.16. The highest BCUT2D eigenvalue weighted by atomic mass is 16.5. The van der Waals surface area contributed by atoms with Crippen molar-refractivity contribution in [1.82, 2.24) is 0 Å². The summed E-state index contributed by atoms with van der Waals surface area (Å²) < 4.78 is 10.2. The number of aliphatic hydroxyl groups is 1. The average Bonchev–Trinajstić information content (AvgIpc) is 2.17. The van der Waals surface area contributed by atoms with Crippen LogP contribution in [0, 0.1) is 6.92 Å². The average molecular weight is 196 g/mol. The lowest BCUT2D eigenvalue weighted by Gasteiger charge is -2.12. The van der Waals surface area contributed by atoms with Crippen molar-refractivity contribution in [3.63, 3.8) is 0 Å². The van der Waals surface area contributed by atoms with Crippen molar-refractivity contribution in [2.75, 3.05) is 20.3 Å². The maximum Gasteiger partial charge on any atom is 0.122 e. The van der Waals surface area contributed by atoms with Crippen molar-refractivity contribution in [2.45, 2.75) is 13.0 Å². The fourth-order valence-corrected chi connectivity index (χ4v) is 1.14. The van der Waals surface area contributed by atoms with Crippen LogP contribution in [0.3, 0.4) is 0 Å². The first kappa shape index (κ1) is 11.0. The van der Waals surface area contributed by atoms with E-state index in [-0.39, 0.29) is 6.61 Å². The Kier molecular flexibility index (Phi) is 4.43. The fourth-order valence-electron chi connectivity index (χ4n) is 1.14. The van der Waals surface area contributed by atoms with Gasteiger partial charge < -0.3 is 14.6 Å². The summed E-state index contributed by atoms with van der Waals surface area (Å²) in [6, 6.07) is 7.71. The predicted molar refractivity (Wildman–Crippen MR) is 54.6 cm³/mol. The molecule has 0 saturated heterocycles. The van der Waals surface area contributed by atoms with Crippen molar-refractivity contribution in [3.05, 3.63) is 29.8 Å². The summed E-state index contributed by atoms with van der Waals surface area (Å²) in [5.74, 6) is 0.808. The third-order valence-corrected chi connectivity index (χ3v) is 1.88. The van der Waals surface area contributed by atoms with Crippen LogP contribution in [0.15, 0.2) is 24.3 Å². The molecule has 0 aromatic heterocycles. The van der Waals surface area contributed by atoms with Crippen LogP contribution in [-0.2, 0) is 4.74 Å². The van der Waals surface area contributed by atoms with Crippen LogP contribution in [0.25, 0.3) is 0 Å². The summed E-state index contributed by atoms with van der Waals surface area (Å²) >= 11 is 0. The van der Waals surface area contributed by atoms with E-state index < -0.39 is 6.10 Å². The summed E-state index contributed by atoms with van der Waals surface area (Å²) in [5.41, 5.74) is 1.07. The van der Waals surface area contributed by atoms with Crippen LogP contribution in [0.1, 0.15) is 5.56 Å². The van der Waals surface area contributed by atoms with Crippen molar-refractivity contribution < 1.29 is 14.6 Å². The molecule has 0 spiro atoms. The minimum Gasteiger partial charge on any atom is -0.491 e. The normalized spacial score (nSPS) is 12.5. The van der Waals surface area contributed by atoms with E-state index in [1.54, 1.807) is 7.11 Å². The molecule has 0 aliphatic carbocycles. The molecule has 1 aromatic carbocycles. The SMILES string of the molecule is COCC(O)COc1ccccc1C. The van der Waals surface area contributed by atoms with Gasteiger partial charge in [0.25, 0.3) is 0 Å². The molecule has 0 aliphatic rings. The lowest BCUT2D eigenvalue weighted by atomic mass is 10.2. The first-order chi connectivity index (χ1) is 6.74. The Morgan fingerprint density at radius 1 is 1.29 bits per heavy atom. The molecule has 3 heteroatoms. The van der Waals surface area contributed by atoms with Crippen LogP contribution in [0.5, 0.6) is 5.75 Å².